The van der Waals surface area contributed by atoms with Gasteiger partial charge < -0.3 is 15.5 Å². The van der Waals surface area contributed by atoms with Gasteiger partial charge in [0.15, 0.2) is 0 Å². The molecule has 0 aromatic carbocycles. The van der Waals surface area contributed by atoms with E-state index < -0.39 is 0 Å². The minimum absolute atomic E-state index is 0.107. The summed E-state index contributed by atoms with van der Waals surface area (Å²) in [7, 11) is 0. The van der Waals surface area contributed by atoms with Crippen molar-refractivity contribution in [3.63, 3.8) is 0 Å². The van der Waals surface area contributed by atoms with Gasteiger partial charge in [0.1, 0.15) is 0 Å². The Kier molecular flexibility index (Phi) is 5.65. The second kappa shape index (κ2) is 6.80. The molecule has 88 valence electrons. The highest BCUT2D eigenvalue weighted by molar-refractivity contribution is 5.77. The van der Waals surface area contributed by atoms with Gasteiger partial charge in [-0.15, -0.1) is 0 Å². The first kappa shape index (κ1) is 12.5. The molecule has 4 heteroatoms. The fraction of sp³-hybridized carbons (Fsp3) is 0.909. The van der Waals surface area contributed by atoms with Gasteiger partial charge in [-0.25, -0.2) is 0 Å². The maximum absolute atomic E-state index is 11.2. The highest BCUT2D eigenvalue weighted by Crippen LogP contribution is 2.08. The Hall–Kier alpha value is -0.610. The van der Waals surface area contributed by atoms with Crippen LogP contribution in [0.4, 0.5) is 0 Å². The Bertz CT molecular complexity index is 188. The van der Waals surface area contributed by atoms with Gasteiger partial charge in [-0.3, -0.25) is 4.79 Å². The van der Waals surface area contributed by atoms with Crippen LogP contribution in [0.1, 0.15) is 26.7 Å². The molecule has 2 N–H and O–H groups in total. The van der Waals surface area contributed by atoms with E-state index in [4.69, 9.17) is 0 Å². The Morgan fingerprint density at radius 2 is 2.00 bits per heavy atom. The molecule has 0 aromatic rings. The number of carbonyl (C=O) groups excluding carboxylic acids is 1. The molecule has 0 unspecified atom stereocenters. The summed E-state index contributed by atoms with van der Waals surface area (Å²) in [5, 5.41) is 6.11. The highest BCUT2D eigenvalue weighted by Gasteiger charge is 2.17. The summed E-state index contributed by atoms with van der Waals surface area (Å²) in [4.78, 5) is 13.7. The summed E-state index contributed by atoms with van der Waals surface area (Å²) in [5.41, 5.74) is 0. The van der Waals surface area contributed by atoms with Crippen LogP contribution in [0.5, 0.6) is 0 Å². The molecule has 4 nitrogen and oxygen atoms in total. The fourth-order valence-electron chi connectivity index (χ4n) is 1.95. The van der Waals surface area contributed by atoms with Gasteiger partial charge >= 0.3 is 0 Å². The lowest BCUT2D eigenvalue weighted by molar-refractivity contribution is -0.120. The number of hydrogen-bond acceptors (Lipinski definition) is 3. The van der Waals surface area contributed by atoms with Crippen molar-refractivity contribution in [1.82, 2.24) is 15.5 Å². The van der Waals surface area contributed by atoms with E-state index in [1.54, 1.807) is 0 Å². The molecule has 1 fully saturated rings. The van der Waals surface area contributed by atoms with Crippen LogP contribution in [-0.4, -0.2) is 49.6 Å². The zero-order valence-electron chi connectivity index (χ0n) is 9.88. The molecular weight excluding hydrogens is 190 g/mol. The SMILES string of the molecule is CCNC(=O)CNC1CCN(CC)CC1. The topological polar surface area (TPSA) is 44.4 Å². The first-order valence-corrected chi connectivity index (χ1v) is 5.98. The number of amides is 1. The summed E-state index contributed by atoms with van der Waals surface area (Å²) in [6, 6.07) is 0.524. The number of hydrogen-bond donors (Lipinski definition) is 2. The van der Waals surface area contributed by atoms with Crippen molar-refractivity contribution in [2.45, 2.75) is 32.7 Å². The van der Waals surface area contributed by atoms with Gasteiger partial charge in [0.25, 0.3) is 0 Å². The van der Waals surface area contributed by atoms with Crippen LogP contribution in [0.15, 0.2) is 0 Å². The normalized spacial score (nSPS) is 19.1. The lowest BCUT2D eigenvalue weighted by Crippen LogP contribution is -2.45. The van der Waals surface area contributed by atoms with Crippen molar-refractivity contribution in [2.24, 2.45) is 0 Å². The zero-order valence-corrected chi connectivity index (χ0v) is 9.88. The van der Waals surface area contributed by atoms with Crippen molar-refractivity contribution in [2.75, 3.05) is 32.7 Å². The van der Waals surface area contributed by atoms with E-state index in [1.807, 2.05) is 6.92 Å². The van der Waals surface area contributed by atoms with Crippen LogP contribution in [0.25, 0.3) is 0 Å². The molecule has 1 saturated heterocycles. The molecule has 1 heterocycles. The van der Waals surface area contributed by atoms with Crippen molar-refractivity contribution >= 4 is 5.91 Å². The second-order valence-corrected chi connectivity index (χ2v) is 4.04. The predicted molar refractivity (Wildman–Crippen MR) is 61.8 cm³/mol. The molecule has 1 aliphatic heterocycles. The van der Waals surface area contributed by atoms with Crippen LogP contribution in [-0.2, 0) is 4.79 Å². The van der Waals surface area contributed by atoms with Gasteiger partial charge in [0.2, 0.25) is 5.91 Å². The molecule has 0 aliphatic carbocycles. The van der Waals surface area contributed by atoms with E-state index in [1.165, 1.54) is 0 Å². The minimum atomic E-state index is 0.107. The van der Waals surface area contributed by atoms with Gasteiger partial charge in [-0.2, -0.15) is 0 Å². The van der Waals surface area contributed by atoms with E-state index in [0.29, 0.717) is 12.6 Å². The van der Waals surface area contributed by atoms with Gasteiger partial charge in [-0.1, -0.05) is 6.92 Å². The molecule has 1 amide bonds. The lowest BCUT2D eigenvalue weighted by atomic mass is 10.1. The van der Waals surface area contributed by atoms with Crippen LogP contribution in [0, 0.1) is 0 Å². The van der Waals surface area contributed by atoms with Gasteiger partial charge in [-0.05, 0) is 39.4 Å². The largest absolute Gasteiger partial charge is 0.355 e. The smallest absolute Gasteiger partial charge is 0.233 e. The van der Waals surface area contributed by atoms with E-state index in [-0.39, 0.29) is 5.91 Å². The summed E-state index contributed by atoms with van der Waals surface area (Å²) in [6.07, 6.45) is 2.32. The summed E-state index contributed by atoms with van der Waals surface area (Å²) in [6.45, 7) is 8.77. The number of rotatable bonds is 5. The van der Waals surface area contributed by atoms with E-state index in [2.05, 4.69) is 22.5 Å². The number of piperidine rings is 1. The number of carbonyl (C=O) groups is 1. The summed E-state index contributed by atoms with van der Waals surface area (Å²) >= 11 is 0. The molecule has 0 bridgehead atoms. The number of likely N-dealkylation sites (tertiary alicyclic amines) is 1. The summed E-state index contributed by atoms with van der Waals surface area (Å²) < 4.78 is 0. The number of likely N-dealkylation sites (N-methyl/N-ethyl adjacent to an activating group) is 1. The Morgan fingerprint density at radius 1 is 1.33 bits per heavy atom. The van der Waals surface area contributed by atoms with Crippen LogP contribution < -0.4 is 10.6 Å². The molecular formula is C11H23N3O. The van der Waals surface area contributed by atoms with Crippen molar-refractivity contribution in [3.05, 3.63) is 0 Å². The fourth-order valence-corrected chi connectivity index (χ4v) is 1.95. The van der Waals surface area contributed by atoms with Crippen LogP contribution in [0.3, 0.4) is 0 Å². The highest BCUT2D eigenvalue weighted by atomic mass is 16.1. The number of nitrogens with one attached hydrogen (secondary N) is 2. The third kappa shape index (κ3) is 4.62. The average Bonchev–Trinajstić information content (AvgIpc) is 2.27. The molecule has 0 atom stereocenters. The van der Waals surface area contributed by atoms with Crippen LogP contribution in [0.2, 0.25) is 0 Å². The van der Waals surface area contributed by atoms with Gasteiger partial charge in [0, 0.05) is 12.6 Å². The molecule has 0 radical (unpaired) electrons. The first-order chi connectivity index (χ1) is 7.26. The Balaban J connectivity index is 2.10. The first-order valence-electron chi connectivity index (χ1n) is 5.98. The quantitative estimate of drug-likeness (QED) is 0.685. The van der Waals surface area contributed by atoms with Crippen molar-refractivity contribution in [1.29, 1.82) is 0 Å². The zero-order chi connectivity index (χ0) is 11.1. The standard InChI is InChI=1S/C11H23N3O/c1-3-12-11(15)9-13-10-5-7-14(4-2)8-6-10/h10,13H,3-9H2,1-2H3,(H,12,15). The monoisotopic (exact) mass is 213 g/mol. The lowest BCUT2D eigenvalue weighted by Gasteiger charge is -2.31. The predicted octanol–water partition coefficient (Wildman–Crippen LogP) is 0.196. The van der Waals surface area contributed by atoms with Crippen molar-refractivity contribution < 1.29 is 4.79 Å². The maximum atomic E-state index is 11.2. The maximum Gasteiger partial charge on any atom is 0.233 e. The third-order valence-corrected chi connectivity index (χ3v) is 2.96. The molecule has 1 rings (SSSR count). The van der Waals surface area contributed by atoms with Gasteiger partial charge in [0.05, 0.1) is 6.54 Å². The Morgan fingerprint density at radius 3 is 2.53 bits per heavy atom. The molecule has 15 heavy (non-hydrogen) atoms. The van der Waals surface area contributed by atoms with E-state index >= 15 is 0 Å². The van der Waals surface area contributed by atoms with E-state index in [9.17, 15) is 4.79 Å². The third-order valence-electron chi connectivity index (χ3n) is 2.96. The van der Waals surface area contributed by atoms with Crippen molar-refractivity contribution in [3.8, 4) is 0 Å². The second-order valence-electron chi connectivity index (χ2n) is 4.04. The minimum Gasteiger partial charge on any atom is -0.355 e. The molecule has 0 saturated carbocycles. The van der Waals surface area contributed by atoms with E-state index in [0.717, 1.165) is 39.0 Å². The molecule has 0 spiro atoms. The molecule has 0 aromatic heterocycles. The summed E-state index contributed by atoms with van der Waals surface area (Å²) in [5.74, 6) is 0.107. The molecule has 1 aliphatic rings. The Labute approximate surface area is 92.4 Å². The average molecular weight is 213 g/mol. The number of nitrogens with zero attached hydrogens (tertiary/aromatic N) is 1. The van der Waals surface area contributed by atoms with Crippen LogP contribution >= 0.6 is 0 Å².